The standard InChI is InChI=1S/C12H18O4S2/c1-12(2,3)7-10(11(13)14)18(15,16)8-9-5-4-6-17-9/h4-6,10H,7-8H2,1-3H3,(H,13,14). The molecule has 6 heteroatoms. The van der Waals surface area contributed by atoms with Crippen molar-refractivity contribution in [3.05, 3.63) is 22.4 Å². The lowest BCUT2D eigenvalue weighted by molar-refractivity contribution is -0.137. The van der Waals surface area contributed by atoms with E-state index in [1.807, 2.05) is 20.8 Å². The molecule has 1 heterocycles. The van der Waals surface area contributed by atoms with Crippen LogP contribution >= 0.6 is 11.3 Å². The van der Waals surface area contributed by atoms with E-state index in [1.165, 1.54) is 11.3 Å². The Bertz CT molecular complexity index is 495. The van der Waals surface area contributed by atoms with E-state index in [-0.39, 0.29) is 17.6 Å². The van der Waals surface area contributed by atoms with E-state index in [0.717, 1.165) is 0 Å². The predicted octanol–water partition coefficient (Wildman–Crippen LogP) is 2.55. The van der Waals surface area contributed by atoms with Gasteiger partial charge in [0.2, 0.25) is 0 Å². The van der Waals surface area contributed by atoms with Crippen LogP contribution in [0.3, 0.4) is 0 Å². The minimum absolute atomic E-state index is 0.121. The van der Waals surface area contributed by atoms with Gasteiger partial charge in [-0.2, -0.15) is 0 Å². The number of carbonyl (C=O) groups is 1. The molecule has 102 valence electrons. The van der Waals surface area contributed by atoms with Crippen molar-refractivity contribution in [2.24, 2.45) is 5.41 Å². The summed E-state index contributed by atoms with van der Waals surface area (Å²) in [5.74, 6) is -1.46. The molecule has 1 aromatic rings. The van der Waals surface area contributed by atoms with Crippen LogP contribution < -0.4 is 0 Å². The van der Waals surface area contributed by atoms with Gasteiger partial charge in [-0.15, -0.1) is 11.3 Å². The monoisotopic (exact) mass is 290 g/mol. The van der Waals surface area contributed by atoms with Gasteiger partial charge in [-0.25, -0.2) is 8.42 Å². The highest BCUT2D eigenvalue weighted by Crippen LogP contribution is 2.27. The molecule has 0 amide bonds. The summed E-state index contributed by atoms with van der Waals surface area (Å²) in [6.45, 7) is 5.51. The molecule has 0 spiro atoms. The molecule has 1 unspecified atom stereocenters. The Hall–Kier alpha value is -0.880. The SMILES string of the molecule is CC(C)(C)CC(C(=O)O)S(=O)(=O)Cc1cccs1. The second-order valence-corrected chi connectivity index (χ2v) is 8.69. The van der Waals surface area contributed by atoms with Gasteiger partial charge in [-0.3, -0.25) is 4.79 Å². The molecule has 0 bridgehead atoms. The highest BCUT2D eigenvalue weighted by Gasteiger charge is 2.36. The topological polar surface area (TPSA) is 71.4 Å². The van der Waals surface area contributed by atoms with E-state index in [4.69, 9.17) is 5.11 Å². The van der Waals surface area contributed by atoms with Crippen LogP contribution in [0.4, 0.5) is 0 Å². The van der Waals surface area contributed by atoms with Crippen molar-refractivity contribution in [1.82, 2.24) is 0 Å². The molecule has 4 nitrogen and oxygen atoms in total. The molecule has 0 fully saturated rings. The first kappa shape index (κ1) is 15.2. The van der Waals surface area contributed by atoms with Crippen molar-refractivity contribution in [1.29, 1.82) is 0 Å². The molecule has 18 heavy (non-hydrogen) atoms. The fourth-order valence-electron chi connectivity index (χ4n) is 1.62. The lowest BCUT2D eigenvalue weighted by Crippen LogP contribution is -2.34. The molecule has 0 aliphatic carbocycles. The summed E-state index contributed by atoms with van der Waals surface area (Å²) in [6, 6.07) is 3.47. The molecule has 0 saturated carbocycles. The summed E-state index contributed by atoms with van der Waals surface area (Å²) in [7, 11) is -3.67. The zero-order valence-corrected chi connectivity index (χ0v) is 12.3. The average molecular weight is 290 g/mol. The fraction of sp³-hybridized carbons (Fsp3) is 0.583. The van der Waals surface area contributed by atoms with Crippen LogP contribution in [-0.4, -0.2) is 24.7 Å². The first-order valence-electron chi connectivity index (χ1n) is 5.58. The van der Waals surface area contributed by atoms with Crippen LogP contribution in [0, 0.1) is 5.41 Å². The van der Waals surface area contributed by atoms with Gasteiger partial charge in [0.15, 0.2) is 15.1 Å². The van der Waals surface area contributed by atoms with E-state index in [1.54, 1.807) is 17.5 Å². The first-order valence-corrected chi connectivity index (χ1v) is 8.18. The van der Waals surface area contributed by atoms with Crippen molar-refractivity contribution < 1.29 is 18.3 Å². The largest absolute Gasteiger partial charge is 0.480 e. The van der Waals surface area contributed by atoms with Gasteiger partial charge in [0.25, 0.3) is 0 Å². The Morgan fingerprint density at radius 3 is 2.44 bits per heavy atom. The highest BCUT2D eigenvalue weighted by molar-refractivity contribution is 7.92. The molecular weight excluding hydrogens is 272 g/mol. The third kappa shape index (κ3) is 4.42. The zero-order valence-electron chi connectivity index (χ0n) is 10.7. The summed E-state index contributed by atoms with van der Waals surface area (Å²) in [6.07, 6.45) is 0.121. The van der Waals surface area contributed by atoms with Gasteiger partial charge in [0, 0.05) is 4.88 Å². The van der Waals surface area contributed by atoms with E-state index >= 15 is 0 Å². The van der Waals surface area contributed by atoms with Crippen molar-refractivity contribution in [3.8, 4) is 0 Å². The minimum Gasteiger partial charge on any atom is -0.480 e. The van der Waals surface area contributed by atoms with E-state index in [9.17, 15) is 13.2 Å². The molecule has 1 rings (SSSR count). The Balaban J connectivity index is 2.94. The van der Waals surface area contributed by atoms with E-state index in [0.29, 0.717) is 4.88 Å². The average Bonchev–Trinajstić information content (AvgIpc) is 2.64. The van der Waals surface area contributed by atoms with Gasteiger partial charge >= 0.3 is 5.97 Å². The maximum atomic E-state index is 12.1. The Kier molecular flexibility index (Phi) is 4.55. The van der Waals surface area contributed by atoms with Crippen LogP contribution in [-0.2, 0) is 20.4 Å². The zero-order chi connectivity index (χ0) is 14.0. The lowest BCUT2D eigenvalue weighted by Gasteiger charge is -2.23. The van der Waals surface area contributed by atoms with Crippen LogP contribution in [0.25, 0.3) is 0 Å². The molecule has 0 aliphatic heterocycles. The fourth-order valence-corrected chi connectivity index (χ4v) is 4.63. The Labute approximate surface area is 112 Å². The first-order chi connectivity index (χ1) is 8.12. The Morgan fingerprint density at radius 1 is 1.44 bits per heavy atom. The maximum absolute atomic E-state index is 12.1. The number of rotatable bonds is 5. The minimum atomic E-state index is -3.67. The summed E-state index contributed by atoms with van der Waals surface area (Å²) >= 11 is 1.32. The van der Waals surface area contributed by atoms with Crippen LogP contribution in [0.5, 0.6) is 0 Å². The quantitative estimate of drug-likeness (QED) is 0.904. The van der Waals surface area contributed by atoms with Crippen molar-refractivity contribution in [2.75, 3.05) is 0 Å². The molecule has 0 saturated heterocycles. The third-order valence-electron chi connectivity index (χ3n) is 2.43. The molecule has 0 aliphatic rings. The predicted molar refractivity (Wildman–Crippen MR) is 72.4 cm³/mol. The van der Waals surface area contributed by atoms with Crippen LogP contribution in [0.2, 0.25) is 0 Å². The number of aliphatic carboxylic acids is 1. The number of carboxylic acid groups (broad SMARTS) is 1. The van der Waals surface area contributed by atoms with Gasteiger partial charge in [0.1, 0.15) is 0 Å². The summed E-state index contributed by atoms with van der Waals surface area (Å²) in [5.41, 5.74) is -0.342. The second-order valence-electron chi connectivity index (χ2n) is 5.48. The van der Waals surface area contributed by atoms with Gasteiger partial charge in [-0.05, 0) is 23.3 Å². The van der Waals surface area contributed by atoms with E-state index < -0.39 is 21.1 Å². The number of hydrogen-bond acceptors (Lipinski definition) is 4. The maximum Gasteiger partial charge on any atom is 0.321 e. The van der Waals surface area contributed by atoms with Crippen molar-refractivity contribution in [3.63, 3.8) is 0 Å². The summed E-state index contributed by atoms with van der Waals surface area (Å²) in [5, 5.41) is 9.57. The number of sulfone groups is 1. The highest BCUT2D eigenvalue weighted by atomic mass is 32.2. The van der Waals surface area contributed by atoms with Gasteiger partial charge < -0.3 is 5.11 Å². The smallest absolute Gasteiger partial charge is 0.321 e. The molecule has 1 atom stereocenters. The number of hydrogen-bond donors (Lipinski definition) is 1. The van der Waals surface area contributed by atoms with E-state index in [2.05, 4.69) is 0 Å². The normalized spacial score (nSPS) is 14.4. The molecule has 1 aromatic heterocycles. The number of carboxylic acids is 1. The van der Waals surface area contributed by atoms with Gasteiger partial charge in [0.05, 0.1) is 5.75 Å². The second kappa shape index (κ2) is 5.40. The van der Waals surface area contributed by atoms with Crippen LogP contribution in [0.15, 0.2) is 17.5 Å². The Morgan fingerprint density at radius 2 is 2.06 bits per heavy atom. The summed E-state index contributed by atoms with van der Waals surface area (Å²) < 4.78 is 24.3. The number of thiophene rings is 1. The van der Waals surface area contributed by atoms with Crippen LogP contribution in [0.1, 0.15) is 32.1 Å². The van der Waals surface area contributed by atoms with Crippen molar-refractivity contribution in [2.45, 2.75) is 38.2 Å². The summed E-state index contributed by atoms with van der Waals surface area (Å²) in [4.78, 5) is 11.9. The third-order valence-corrected chi connectivity index (χ3v) is 5.44. The molecule has 1 N–H and O–H groups in total. The molecule has 0 aromatic carbocycles. The van der Waals surface area contributed by atoms with Gasteiger partial charge in [-0.1, -0.05) is 26.8 Å². The lowest BCUT2D eigenvalue weighted by atomic mass is 9.90. The molecule has 0 radical (unpaired) electrons. The van der Waals surface area contributed by atoms with Crippen molar-refractivity contribution >= 4 is 27.1 Å². The molecular formula is C12H18O4S2.